The summed E-state index contributed by atoms with van der Waals surface area (Å²) in [6.07, 6.45) is 8.31. The number of hydrogen-bond acceptors (Lipinski definition) is 6. The molecule has 1 aliphatic heterocycles. The summed E-state index contributed by atoms with van der Waals surface area (Å²) >= 11 is 0. The molecule has 3 aromatic heterocycles. The third-order valence-corrected chi connectivity index (χ3v) is 9.45. The summed E-state index contributed by atoms with van der Waals surface area (Å²) in [5, 5.41) is 5.31. The molecule has 0 atom stereocenters. The first-order valence-electron chi connectivity index (χ1n) is 14.1. The molecule has 4 heterocycles. The number of carbonyl (C=O) groups excluding carboxylic acids is 1. The van der Waals surface area contributed by atoms with Crippen molar-refractivity contribution in [3.63, 3.8) is 0 Å². The zero-order chi connectivity index (χ0) is 30.3. The zero-order valence-electron chi connectivity index (χ0n) is 25.0. The fraction of sp³-hybridized carbons (Fsp3) is 0.387. The van der Waals surface area contributed by atoms with Crippen molar-refractivity contribution >= 4 is 35.2 Å². The van der Waals surface area contributed by atoms with Gasteiger partial charge in [0.25, 0.3) is 10.0 Å². The summed E-state index contributed by atoms with van der Waals surface area (Å²) in [4.78, 5) is 19.0. The number of likely N-dealkylation sites (tertiary alicyclic amines) is 1. The maximum atomic E-state index is 13.6. The van der Waals surface area contributed by atoms with E-state index in [0.29, 0.717) is 29.7 Å². The summed E-state index contributed by atoms with van der Waals surface area (Å²) in [6.45, 7) is 13.3. The summed E-state index contributed by atoms with van der Waals surface area (Å²) in [7, 11) is -5.59. The molecular formula is C31H37N5O4SSi. The highest BCUT2D eigenvalue weighted by Gasteiger charge is 2.28. The first kappa shape index (κ1) is 29.6. The number of nitrogens with zero attached hydrogens (tertiary/aromatic N) is 5. The molecular weight excluding hydrogens is 567 g/mol. The minimum atomic E-state index is -3.86. The van der Waals surface area contributed by atoms with Gasteiger partial charge < -0.3 is 9.64 Å². The van der Waals surface area contributed by atoms with E-state index in [9.17, 15) is 13.2 Å². The normalized spacial score (nSPS) is 15.0. The van der Waals surface area contributed by atoms with Crippen molar-refractivity contribution < 1.29 is 17.9 Å². The van der Waals surface area contributed by atoms with Gasteiger partial charge in [-0.15, -0.1) is 5.54 Å². The molecule has 11 heteroatoms. The molecule has 1 aliphatic rings. The van der Waals surface area contributed by atoms with Gasteiger partial charge in [0.05, 0.1) is 22.7 Å². The quantitative estimate of drug-likeness (QED) is 0.212. The number of carbonyl (C=O) groups is 1. The molecule has 220 valence electrons. The Morgan fingerprint density at radius 3 is 2.36 bits per heavy atom. The number of amides is 1. The van der Waals surface area contributed by atoms with Crippen LogP contribution in [0.3, 0.4) is 0 Å². The molecule has 0 N–H and O–H groups in total. The molecule has 42 heavy (non-hydrogen) atoms. The summed E-state index contributed by atoms with van der Waals surface area (Å²) < 4.78 is 35.8. The van der Waals surface area contributed by atoms with E-state index < -0.39 is 23.7 Å². The van der Waals surface area contributed by atoms with Gasteiger partial charge in [-0.25, -0.2) is 22.2 Å². The average molecular weight is 604 g/mol. The van der Waals surface area contributed by atoms with Crippen LogP contribution >= 0.6 is 0 Å². The number of hydrogen-bond donors (Lipinski definition) is 0. The smallest absolute Gasteiger partial charge is 0.410 e. The fourth-order valence-corrected chi connectivity index (χ4v) is 6.66. The molecule has 1 aromatic carbocycles. The van der Waals surface area contributed by atoms with Crippen LogP contribution in [-0.4, -0.2) is 64.9 Å². The molecule has 0 unspecified atom stereocenters. The van der Waals surface area contributed by atoms with Crippen LogP contribution < -0.4 is 0 Å². The number of piperidine rings is 1. The fourth-order valence-electron chi connectivity index (χ4n) is 4.81. The minimum Gasteiger partial charge on any atom is -0.444 e. The Hall–Kier alpha value is -3.88. The number of benzene rings is 1. The van der Waals surface area contributed by atoms with Crippen molar-refractivity contribution in [1.82, 2.24) is 23.6 Å². The van der Waals surface area contributed by atoms with Crippen LogP contribution in [0, 0.1) is 11.5 Å². The molecule has 5 rings (SSSR count). The van der Waals surface area contributed by atoms with Crippen molar-refractivity contribution in [3.8, 4) is 22.6 Å². The van der Waals surface area contributed by atoms with Crippen LogP contribution in [0.5, 0.6) is 0 Å². The van der Waals surface area contributed by atoms with Crippen LogP contribution in [0.25, 0.3) is 22.2 Å². The van der Waals surface area contributed by atoms with Crippen LogP contribution in [0.1, 0.15) is 45.2 Å². The van der Waals surface area contributed by atoms with E-state index in [1.807, 2.05) is 37.7 Å². The van der Waals surface area contributed by atoms with Crippen LogP contribution in [0.15, 0.2) is 66.1 Å². The van der Waals surface area contributed by atoms with Crippen LogP contribution in [-0.2, 0) is 14.8 Å². The first-order valence-corrected chi connectivity index (χ1v) is 19.0. The molecule has 0 radical (unpaired) electrons. The van der Waals surface area contributed by atoms with Crippen LogP contribution in [0.2, 0.25) is 19.6 Å². The zero-order valence-corrected chi connectivity index (χ0v) is 26.8. The number of ether oxygens (including phenoxy) is 1. The van der Waals surface area contributed by atoms with Gasteiger partial charge in [0.2, 0.25) is 0 Å². The highest BCUT2D eigenvalue weighted by atomic mass is 32.2. The molecule has 0 spiro atoms. The van der Waals surface area contributed by atoms with E-state index in [1.165, 1.54) is 3.97 Å². The Balaban J connectivity index is 1.45. The first-order chi connectivity index (χ1) is 19.7. The average Bonchev–Trinajstić information content (AvgIpc) is 3.57. The molecule has 1 saturated heterocycles. The summed E-state index contributed by atoms with van der Waals surface area (Å²) in [5.74, 6) is 3.26. The number of aromatic nitrogens is 4. The second-order valence-electron chi connectivity index (χ2n) is 12.7. The molecule has 9 nitrogen and oxygen atoms in total. The van der Waals surface area contributed by atoms with E-state index in [2.05, 4.69) is 41.2 Å². The van der Waals surface area contributed by atoms with Gasteiger partial charge in [0.1, 0.15) is 13.7 Å². The van der Waals surface area contributed by atoms with Gasteiger partial charge in [-0.1, -0.05) is 43.8 Å². The highest BCUT2D eigenvalue weighted by Crippen LogP contribution is 2.30. The predicted molar refractivity (Wildman–Crippen MR) is 166 cm³/mol. The third-order valence-electron chi connectivity index (χ3n) is 6.91. The molecule has 0 bridgehead atoms. The predicted octanol–water partition coefficient (Wildman–Crippen LogP) is 5.94. The maximum absolute atomic E-state index is 13.6. The van der Waals surface area contributed by atoms with Gasteiger partial charge in [-0.05, 0) is 51.8 Å². The van der Waals surface area contributed by atoms with E-state index in [0.717, 1.165) is 24.0 Å². The number of pyridine rings is 1. The SMILES string of the molecule is CC(C)(C)OC(=O)N1CCC(n2cc(-c3cnc4c(c3)c(C#C[Si](C)(C)C)cn4S(=O)(=O)c3ccccc3)cn2)CC1. The van der Waals surface area contributed by atoms with Gasteiger partial charge in [0, 0.05) is 48.2 Å². The molecule has 0 aliphatic carbocycles. The Morgan fingerprint density at radius 2 is 1.71 bits per heavy atom. The monoisotopic (exact) mass is 603 g/mol. The minimum absolute atomic E-state index is 0.157. The second-order valence-corrected chi connectivity index (χ2v) is 19.2. The standard InChI is InChI=1S/C31H37N5O4SSi/c1-31(2,3)40-30(37)34-15-12-26(13-16-34)35-21-25(20-33-35)24-18-28-23(14-17-42(4,5)6)22-36(29(28)32-19-24)41(38,39)27-10-8-7-9-11-27/h7-11,18-22,26H,12-13,15-16H2,1-6H3. The lowest BCUT2D eigenvalue weighted by atomic mass is 10.1. The van der Waals surface area contributed by atoms with Gasteiger partial charge >= 0.3 is 6.09 Å². The Labute approximate surface area is 248 Å². The lowest BCUT2D eigenvalue weighted by molar-refractivity contribution is 0.0184. The number of rotatable bonds is 4. The molecule has 1 fully saturated rings. The van der Waals surface area contributed by atoms with E-state index in [-0.39, 0.29) is 17.0 Å². The topological polar surface area (TPSA) is 99.3 Å². The van der Waals surface area contributed by atoms with Crippen molar-refractivity contribution in [1.29, 1.82) is 0 Å². The van der Waals surface area contributed by atoms with Crippen molar-refractivity contribution in [2.75, 3.05) is 13.1 Å². The second kappa shape index (κ2) is 11.1. The molecule has 0 saturated carbocycles. The van der Waals surface area contributed by atoms with Gasteiger partial charge in [-0.2, -0.15) is 5.10 Å². The van der Waals surface area contributed by atoms with Crippen molar-refractivity contribution in [3.05, 3.63) is 66.7 Å². The Bertz CT molecular complexity index is 1780. The van der Waals surface area contributed by atoms with Crippen LogP contribution in [0.4, 0.5) is 4.79 Å². The number of fused-ring (bicyclic) bond motifs is 1. The Morgan fingerprint density at radius 1 is 1.02 bits per heavy atom. The summed E-state index contributed by atoms with van der Waals surface area (Å²) in [6, 6.07) is 10.5. The van der Waals surface area contributed by atoms with E-state index in [4.69, 9.17) is 4.74 Å². The van der Waals surface area contributed by atoms with Crippen molar-refractivity contribution in [2.24, 2.45) is 0 Å². The third kappa shape index (κ3) is 6.45. The Kier molecular flexibility index (Phi) is 7.81. The maximum Gasteiger partial charge on any atom is 0.410 e. The molecule has 1 amide bonds. The van der Waals surface area contributed by atoms with E-state index in [1.54, 1.807) is 53.8 Å². The van der Waals surface area contributed by atoms with Gasteiger partial charge in [0.15, 0.2) is 5.65 Å². The lowest BCUT2D eigenvalue weighted by Crippen LogP contribution is -2.42. The van der Waals surface area contributed by atoms with Gasteiger partial charge in [-0.3, -0.25) is 4.68 Å². The summed E-state index contributed by atoms with van der Waals surface area (Å²) in [5.41, 5.74) is 5.51. The van der Waals surface area contributed by atoms with E-state index >= 15 is 0 Å². The molecule has 4 aromatic rings. The largest absolute Gasteiger partial charge is 0.444 e. The lowest BCUT2D eigenvalue weighted by Gasteiger charge is -2.33. The van der Waals surface area contributed by atoms with Crippen molar-refractivity contribution in [2.45, 2.75) is 69.8 Å². The highest BCUT2D eigenvalue weighted by molar-refractivity contribution is 7.90.